The van der Waals surface area contributed by atoms with Gasteiger partial charge in [-0.1, -0.05) is 18.2 Å². The summed E-state index contributed by atoms with van der Waals surface area (Å²) in [6, 6.07) is 14.0. The second-order valence-electron chi connectivity index (χ2n) is 6.36. The van der Waals surface area contributed by atoms with Gasteiger partial charge in [0.15, 0.2) is 5.96 Å². The number of fused-ring (bicyclic) bond motifs is 1. The van der Waals surface area contributed by atoms with Gasteiger partial charge in [-0.15, -0.1) is 0 Å². The van der Waals surface area contributed by atoms with Crippen LogP contribution in [-0.2, 0) is 6.54 Å². The molecule has 144 valence electrons. The second-order valence-corrected chi connectivity index (χ2v) is 6.36. The zero-order chi connectivity index (χ0) is 19.1. The number of hydrogen-bond donors (Lipinski definition) is 2. The second kappa shape index (κ2) is 9.16. The first kappa shape index (κ1) is 18.9. The lowest BCUT2D eigenvalue weighted by molar-refractivity contribution is 0.267. The average Bonchev–Trinajstić information content (AvgIpc) is 2.73. The van der Waals surface area contributed by atoms with Crippen LogP contribution in [-0.4, -0.2) is 40.4 Å². The van der Waals surface area contributed by atoms with Gasteiger partial charge in [0, 0.05) is 37.7 Å². The van der Waals surface area contributed by atoms with Crippen LogP contribution in [0.2, 0.25) is 0 Å². The van der Waals surface area contributed by atoms with E-state index in [9.17, 15) is 0 Å². The maximum Gasteiger partial charge on any atom is 0.191 e. The van der Waals surface area contributed by atoms with Crippen LogP contribution in [0, 0.1) is 0 Å². The molecule has 6 nitrogen and oxygen atoms in total. The number of ether oxygens (including phenoxy) is 3. The van der Waals surface area contributed by atoms with Gasteiger partial charge in [0.2, 0.25) is 0 Å². The van der Waals surface area contributed by atoms with Crippen LogP contribution in [0.25, 0.3) is 0 Å². The minimum Gasteiger partial charge on any atom is -0.497 e. The molecule has 1 aliphatic rings. The largest absolute Gasteiger partial charge is 0.497 e. The molecule has 0 saturated carbocycles. The summed E-state index contributed by atoms with van der Waals surface area (Å²) in [6.07, 6.45) is 0.993. The Morgan fingerprint density at radius 3 is 2.78 bits per heavy atom. The highest BCUT2D eigenvalue weighted by molar-refractivity contribution is 5.79. The third-order valence-electron chi connectivity index (χ3n) is 4.76. The van der Waals surface area contributed by atoms with Crippen molar-refractivity contribution in [3.63, 3.8) is 0 Å². The molecule has 0 spiro atoms. The fraction of sp³-hybridized carbons (Fsp3) is 0.381. The Morgan fingerprint density at radius 2 is 2.00 bits per heavy atom. The van der Waals surface area contributed by atoms with Crippen molar-refractivity contribution in [2.75, 3.05) is 34.4 Å². The number of hydrogen-bond acceptors (Lipinski definition) is 4. The zero-order valence-corrected chi connectivity index (χ0v) is 16.1. The molecule has 0 saturated heterocycles. The number of nitrogens with one attached hydrogen (secondary N) is 2. The normalized spacial score (nSPS) is 16.1. The molecule has 0 radical (unpaired) electrons. The zero-order valence-electron chi connectivity index (χ0n) is 16.1. The van der Waals surface area contributed by atoms with Crippen LogP contribution in [0.1, 0.15) is 23.5 Å². The Labute approximate surface area is 160 Å². The molecule has 1 heterocycles. The maximum atomic E-state index is 5.74. The fourth-order valence-corrected chi connectivity index (χ4v) is 3.25. The molecule has 0 bridgehead atoms. The first-order chi connectivity index (χ1) is 13.2. The Bertz CT molecular complexity index is 792. The third kappa shape index (κ3) is 4.64. The smallest absolute Gasteiger partial charge is 0.191 e. The molecule has 1 atom stereocenters. The highest BCUT2D eigenvalue weighted by atomic mass is 16.5. The number of guanidine groups is 1. The molecule has 0 fully saturated rings. The minimum absolute atomic E-state index is 0.407. The van der Waals surface area contributed by atoms with Gasteiger partial charge in [-0.2, -0.15) is 0 Å². The van der Waals surface area contributed by atoms with Crippen LogP contribution >= 0.6 is 0 Å². The quantitative estimate of drug-likeness (QED) is 0.605. The van der Waals surface area contributed by atoms with Crippen molar-refractivity contribution in [1.29, 1.82) is 0 Å². The van der Waals surface area contributed by atoms with Crippen LogP contribution in [0.5, 0.6) is 17.2 Å². The molecule has 0 aromatic heterocycles. The van der Waals surface area contributed by atoms with Gasteiger partial charge < -0.3 is 24.8 Å². The van der Waals surface area contributed by atoms with Crippen molar-refractivity contribution in [2.24, 2.45) is 4.99 Å². The van der Waals surface area contributed by atoms with E-state index in [0.717, 1.165) is 48.3 Å². The van der Waals surface area contributed by atoms with E-state index in [1.165, 1.54) is 5.56 Å². The van der Waals surface area contributed by atoms with Gasteiger partial charge >= 0.3 is 0 Å². The van der Waals surface area contributed by atoms with Gasteiger partial charge in [0.25, 0.3) is 0 Å². The lowest BCUT2D eigenvalue weighted by Crippen LogP contribution is -2.39. The number of nitrogens with zero attached hydrogens (tertiary/aromatic N) is 1. The van der Waals surface area contributed by atoms with Crippen molar-refractivity contribution in [3.8, 4) is 17.2 Å². The molecule has 27 heavy (non-hydrogen) atoms. The molecule has 3 rings (SSSR count). The van der Waals surface area contributed by atoms with E-state index in [4.69, 9.17) is 14.2 Å². The standard InChI is InChI=1S/C21H27N3O3/c1-22-21(24-14-16-8-9-17(25-2)12-20(16)26-3)23-13-15-10-11-27-19-7-5-4-6-18(15)19/h4-9,12,15H,10-11,13-14H2,1-3H3,(H2,22,23,24). The average molecular weight is 369 g/mol. The van der Waals surface area contributed by atoms with E-state index in [1.54, 1.807) is 21.3 Å². The van der Waals surface area contributed by atoms with E-state index in [1.807, 2.05) is 30.3 Å². The van der Waals surface area contributed by atoms with E-state index in [2.05, 4.69) is 27.8 Å². The van der Waals surface area contributed by atoms with Crippen LogP contribution < -0.4 is 24.8 Å². The molecule has 0 aliphatic carbocycles. The Balaban J connectivity index is 1.58. The van der Waals surface area contributed by atoms with Crippen molar-refractivity contribution in [1.82, 2.24) is 10.6 Å². The number of methoxy groups -OCH3 is 2. The van der Waals surface area contributed by atoms with Gasteiger partial charge in [-0.3, -0.25) is 4.99 Å². The molecule has 2 aromatic rings. The van der Waals surface area contributed by atoms with Crippen molar-refractivity contribution in [3.05, 3.63) is 53.6 Å². The summed E-state index contributed by atoms with van der Waals surface area (Å²) in [5.41, 5.74) is 2.29. The number of para-hydroxylation sites is 1. The van der Waals surface area contributed by atoms with E-state index < -0.39 is 0 Å². The van der Waals surface area contributed by atoms with Crippen LogP contribution in [0.15, 0.2) is 47.5 Å². The number of aliphatic imine (C=N–C) groups is 1. The van der Waals surface area contributed by atoms with E-state index >= 15 is 0 Å². The highest BCUT2D eigenvalue weighted by Crippen LogP contribution is 2.32. The summed E-state index contributed by atoms with van der Waals surface area (Å²) in [5.74, 6) is 3.72. The van der Waals surface area contributed by atoms with Crippen molar-refractivity contribution >= 4 is 5.96 Å². The topological polar surface area (TPSA) is 64.1 Å². The Morgan fingerprint density at radius 1 is 1.15 bits per heavy atom. The summed E-state index contributed by atoms with van der Waals surface area (Å²) in [5, 5.41) is 6.78. The first-order valence-electron chi connectivity index (χ1n) is 9.12. The predicted molar refractivity (Wildman–Crippen MR) is 107 cm³/mol. The maximum absolute atomic E-state index is 5.74. The molecular formula is C21H27N3O3. The van der Waals surface area contributed by atoms with Gasteiger partial charge in [0.05, 0.1) is 20.8 Å². The summed E-state index contributed by atoms with van der Waals surface area (Å²) in [7, 11) is 5.08. The first-order valence-corrected chi connectivity index (χ1v) is 9.12. The third-order valence-corrected chi connectivity index (χ3v) is 4.76. The number of benzene rings is 2. The lowest BCUT2D eigenvalue weighted by atomic mass is 9.93. The van der Waals surface area contributed by atoms with Gasteiger partial charge in [-0.25, -0.2) is 0 Å². The summed E-state index contributed by atoms with van der Waals surface area (Å²) < 4.78 is 16.4. The highest BCUT2D eigenvalue weighted by Gasteiger charge is 2.21. The van der Waals surface area contributed by atoms with E-state index in [0.29, 0.717) is 12.5 Å². The molecule has 1 aliphatic heterocycles. The molecule has 0 amide bonds. The molecule has 2 aromatic carbocycles. The molecular weight excluding hydrogens is 342 g/mol. The Kier molecular flexibility index (Phi) is 6.41. The summed E-state index contributed by atoms with van der Waals surface area (Å²) >= 11 is 0. The summed E-state index contributed by atoms with van der Waals surface area (Å²) in [6.45, 7) is 2.16. The monoisotopic (exact) mass is 369 g/mol. The van der Waals surface area contributed by atoms with Gasteiger partial charge in [-0.05, 0) is 30.2 Å². The van der Waals surface area contributed by atoms with Crippen LogP contribution in [0.4, 0.5) is 0 Å². The van der Waals surface area contributed by atoms with Crippen molar-refractivity contribution < 1.29 is 14.2 Å². The molecule has 1 unspecified atom stereocenters. The Hall–Kier alpha value is -2.89. The SMILES string of the molecule is CN=C(NCc1ccc(OC)cc1OC)NCC1CCOc2ccccc21. The number of rotatable bonds is 6. The molecule has 2 N–H and O–H groups in total. The van der Waals surface area contributed by atoms with Gasteiger partial charge in [0.1, 0.15) is 17.2 Å². The minimum atomic E-state index is 0.407. The summed E-state index contributed by atoms with van der Waals surface area (Å²) in [4.78, 5) is 4.33. The lowest BCUT2D eigenvalue weighted by Gasteiger charge is -2.26. The van der Waals surface area contributed by atoms with E-state index in [-0.39, 0.29) is 0 Å². The fourth-order valence-electron chi connectivity index (χ4n) is 3.25. The predicted octanol–water partition coefficient (Wildman–Crippen LogP) is 2.94. The molecule has 6 heteroatoms. The van der Waals surface area contributed by atoms with Crippen LogP contribution in [0.3, 0.4) is 0 Å². The van der Waals surface area contributed by atoms with Crippen molar-refractivity contribution in [2.45, 2.75) is 18.9 Å².